The predicted molar refractivity (Wildman–Crippen MR) is 92.7 cm³/mol. The van der Waals surface area contributed by atoms with Gasteiger partial charge in [0, 0.05) is 23.6 Å². The first kappa shape index (κ1) is 14.5. The second kappa shape index (κ2) is 6.20. The number of amides is 1. The van der Waals surface area contributed by atoms with Crippen molar-refractivity contribution in [2.45, 2.75) is 12.8 Å². The fraction of sp³-hybridized carbons (Fsp3) is 0.158. The highest BCUT2D eigenvalue weighted by atomic mass is 16.3. The fourth-order valence-corrected chi connectivity index (χ4v) is 2.91. The van der Waals surface area contributed by atoms with E-state index >= 15 is 0 Å². The summed E-state index contributed by atoms with van der Waals surface area (Å²) in [7, 11) is 0. The van der Waals surface area contributed by atoms with E-state index in [2.05, 4.69) is 15.3 Å². The van der Waals surface area contributed by atoms with Crippen LogP contribution in [0.1, 0.15) is 11.1 Å². The van der Waals surface area contributed by atoms with Gasteiger partial charge in [0.15, 0.2) is 12.0 Å². The van der Waals surface area contributed by atoms with Gasteiger partial charge in [0.05, 0.1) is 6.42 Å². The van der Waals surface area contributed by atoms with Crippen LogP contribution in [0.3, 0.4) is 0 Å². The van der Waals surface area contributed by atoms with Crippen LogP contribution >= 0.6 is 0 Å². The molecule has 2 aromatic carbocycles. The molecule has 0 bridgehead atoms. The molecule has 2 heterocycles. The molecule has 0 saturated heterocycles. The van der Waals surface area contributed by atoms with Gasteiger partial charge in [0.1, 0.15) is 5.52 Å². The molecule has 5 heteroatoms. The number of aromatic nitrogens is 2. The summed E-state index contributed by atoms with van der Waals surface area (Å²) in [5.74, 6) is 0.0282. The standard InChI is InChI=1S/C19H17N3O2/c23-19(10-14-11-21-16-4-2-1-3-15(14)16)20-8-7-13-5-6-17-18(9-13)24-12-22-17/h1-6,9,11-12,21H,7-8,10H2,(H,20,23). The van der Waals surface area contributed by atoms with Crippen molar-refractivity contribution in [1.82, 2.24) is 15.3 Å². The molecule has 0 spiro atoms. The van der Waals surface area contributed by atoms with Crippen LogP contribution in [0.4, 0.5) is 0 Å². The topological polar surface area (TPSA) is 70.9 Å². The normalized spacial score (nSPS) is 11.2. The minimum Gasteiger partial charge on any atom is -0.443 e. The molecule has 0 aliphatic rings. The molecule has 4 aromatic rings. The van der Waals surface area contributed by atoms with Crippen molar-refractivity contribution in [3.05, 3.63) is 66.2 Å². The van der Waals surface area contributed by atoms with Gasteiger partial charge in [-0.3, -0.25) is 4.79 Å². The highest BCUT2D eigenvalue weighted by Gasteiger charge is 2.08. The van der Waals surface area contributed by atoms with Crippen LogP contribution < -0.4 is 5.32 Å². The van der Waals surface area contributed by atoms with E-state index in [1.165, 1.54) is 6.39 Å². The van der Waals surface area contributed by atoms with Gasteiger partial charge in [-0.1, -0.05) is 24.3 Å². The SMILES string of the molecule is O=C(Cc1c[nH]c2ccccc12)NCCc1ccc2ncoc2c1. The van der Waals surface area contributed by atoms with Crippen molar-refractivity contribution in [2.24, 2.45) is 0 Å². The smallest absolute Gasteiger partial charge is 0.224 e. The molecule has 5 nitrogen and oxygen atoms in total. The number of H-pyrrole nitrogens is 1. The molecular weight excluding hydrogens is 302 g/mol. The lowest BCUT2D eigenvalue weighted by Crippen LogP contribution is -2.27. The molecule has 0 aliphatic heterocycles. The molecule has 0 radical (unpaired) electrons. The number of para-hydroxylation sites is 1. The van der Waals surface area contributed by atoms with E-state index < -0.39 is 0 Å². The Morgan fingerprint density at radius 1 is 1.21 bits per heavy atom. The summed E-state index contributed by atoms with van der Waals surface area (Å²) in [5, 5.41) is 4.08. The van der Waals surface area contributed by atoms with Crippen LogP contribution in [0.2, 0.25) is 0 Å². The second-order valence-corrected chi connectivity index (χ2v) is 5.79. The number of fused-ring (bicyclic) bond motifs is 2. The molecule has 2 N–H and O–H groups in total. The minimum atomic E-state index is 0.0282. The van der Waals surface area contributed by atoms with E-state index in [9.17, 15) is 4.79 Å². The third kappa shape index (κ3) is 2.88. The number of carbonyl (C=O) groups is 1. The quantitative estimate of drug-likeness (QED) is 0.593. The summed E-state index contributed by atoms with van der Waals surface area (Å²) >= 11 is 0. The van der Waals surface area contributed by atoms with Gasteiger partial charge in [0.25, 0.3) is 0 Å². The maximum Gasteiger partial charge on any atom is 0.224 e. The molecule has 0 fully saturated rings. The lowest BCUT2D eigenvalue weighted by molar-refractivity contribution is -0.120. The van der Waals surface area contributed by atoms with Gasteiger partial charge >= 0.3 is 0 Å². The van der Waals surface area contributed by atoms with Crippen molar-refractivity contribution in [2.75, 3.05) is 6.54 Å². The number of aromatic amines is 1. The van der Waals surface area contributed by atoms with Gasteiger partial charge in [-0.2, -0.15) is 0 Å². The van der Waals surface area contributed by atoms with Gasteiger partial charge in [-0.15, -0.1) is 0 Å². The molecule has 120 valence electrons. The number of benzene rings is 2. The van der Waals surface area contributed by atoms with Crippen molar-refractivity contribution in [1.29, 1.82) is 0 Å². The highest BCUT2D eigenvalue weighted by molar-refractivity contribution is 5.88. The van der Waals surface area contributed by atoms with E-state index in [0.29, 0.717) is 13.0 Å². The van der Waals surface area contributed by atoms with Gasteiger partial charge in [-0.25, -0.2) is 4.98 Å². The number of oxazole rings is 1. The van der Waals surface area contributed by atoms with Crippen molar-refractivity contribution < 1.29 is 9.21 Å². The fourth-order valence-electron chi connectivity index (χ4n) is 2.91. The zero-order valence-electron chi connectivity index (χ0n) is 13.1. The van der Waals surface area contributed by atoms with E-state index in [4.69, 9.17) is 4.42 Å². The Bertz CT molecular complexity index is 1000. The molecule has 0 saturated carbocycles. The number of hydrogen-bond acceptors (Lipinski definition) is 3. The Morgan fingerprint density at radius 3 is 3.08 bits per heavy atom. The van der Waals surface area contributed by atoms with Crippen LogP contribution in [0, 0.1) is 0 Å². The molecule has 0 aliphatic carbocycles. The molecule has 0 unspecified atom stereocenters. The molecule has 24 heavy (non-hydrogen) atoms. The highest BCUT2D eigenvalue weighted by Crippen LogP contribution is 2.18. The van der Waals surface area contributed by atoms with Gasteiger partial charge < -0.3 is 14.7 Å². The Hall–Kier alpha value is -3.08. The van der Waals surface area contributed by atoms with Crippen molar-refractivity contribution in [3.63, 3.8) is 0 Å². The molecule has 2 aromatic heterocycles. The summed E-state index contributed by atoms with van der Waals surface area (Å²) in [6.45, 7) is 0.598. The van der Waals surface area contributed by atoms with Gasteiger partial charge in [0.2, 0.25) is 5.91 Å². The van der Waals surface area contributed by atoms with Crippen LogP contribution in [-0.2, 0) is 17.6 Å². The Kier molecular flexibility index (Phi) is 3.75. The lowest BCUT2D eigenvalue weighted by Gasteiger charge is -2.05. The Balaban J connectivity index is 1.34. The third-order valence-electron chi connectivity index (χ3n) is 4.16. The largest absolute Gasteiger partial charge is 0.443 e. The number of nitrogens with one attached hydrogen (secondary N) is 2. The van der Waals surface area contributed by atoms with Gasteiger partial charge in [-0.05, 0) is 35.7 Å². The van der Waals surface area contributed by atoms with E-state index in [0.717, 1.165) is 39.6 Å². The molecular formula is C19H17N3O2. The Morgan fingerprint density at radius 2 is 2.12 bits per heavy atom. The molecule has 4 rings (SSSR count). The zero-order valence-corrected chi connectivity index (χ0v) is 13.1. The van der Waals surface area contributed by atoms with Crippen LogP contribution in [0.15, 0.2) is 59.5 Å². The second-order valence-electron chi connectivity index (χ2n) is 5.79. The number of carbonyl (C=O) groups excluding carboxylic acids is 1. The van der Waals surface area contributed by atoms with E-state index in [1.54, 1.807) is 0 Å². The van der Waals surface area contributed by atoms with Crippen LogP contribution in [0.25, 0.3) is 22.0 Å². The molecule has 0 atom stereocenters. The average molecular weight is 319 g/mol. The summed E-state index contributed by atoms with van der Waals surface area (Å²) < 4.78 is 5.30. The maximum atomic E-state index is 12.2. The zero-order chi connectivity index (χ0) is 16.4. The van der Waals surface area contributed by atoms with E-state index in [1.807, 2.05) is 48.7 Å². The van der Waals surface area contributed by atoms with Crippen molar-refractivity contribution in [3.8, 4) is 0 Å². The monoisotopic (exact) mass is 319 g/mol. The first-order valence-corrected chi connectivity index (χ1v) is 7.93. The first-order valence-electron chi connectivity index (χ1n) is 7.93. The summed E-state index contributed by atoms with van der Waals surface area (Å²) in [5.41, 5.74) is 4.82. The number of rotatable bonds is 5. The average Bonchev–Trinajstić information content (AvgIpc) is 3.22. The minimum absolute atomic E-state index is 0.0282. The summed E-state index contributed by atoms with van der Waals surface area (Å²) in [4.78, 5) is 19.5. The number of hydrogen-bond donors (Lipinski definition) is 2. The third-order valence-corrected chi connectivity index (χ3v) is 4.16. The predicted octanol–water partition coefficient (Wildman–Crippen LogP) is 3.21. The van der Waals surface area contributed by atoms with E-state index in [-0.39, 0.29) is 5.91 Å². The summed E-state index contributed by atoms with van der Waals surface area (Å²) in [6.07, 6.45) is 4.49. The first-order chi connectivity index (χ1) is 11.8. The Labute approximate surface area is 138 Å². The number of nitrogens with zero attached hydrogens (tertiary/aromatic N) is 1. The molecule has 1 amide bonds. The lowest BCUT2D eigenvalue weighted by atomic mass is 10.1. The van der Waals surface area contributed by atoms with Crippen LogP contribution in [0.5, 0.6) is 0 Å². The maximum absolute atomic E-state index is 12.2. The summed E-state index contributed by atoms with van der Waals surface area (Å²) in [6, 6.07) is 13.9. The van der Waals surface area contributed by atoms with Crippen molar-refractivity contribution >= 4 is 27.9 Å². The van der Waals surface area contributed by atoms with Crippen LogP contribution in [-0.4, -0.2) is 22.4 Å².